The Kier molecular flexibility index (Phi) is 7.48. The highest BCUT2D eigenvalue weighted by atomic mass is 32.1. The van der Waals surface area contributed by atoms with E-state index in [1.807, 2.05) is 35.6 Å². The first-order chi connectivity index (χ1) is 13.6. The molecule has 0 radical (unpaired) electrons. The lowest BCUT2D eigenvalue weighted by molar-refractivity contribution is -0.125. The summed E-state index contributed by atoms with van der Waals surface area (Å²) in [4.78, 5) is 22.1. The first-order valence-corrected chi connectivity index (χ1v) is 10.8. The van der Waals surface area contributed by atoms with Crippen molar-refractivity contribution >= 4 is 22.9 Å². The Labute approximate surface area is 171 Å². The number of carbonyl (C=O) groups excluding carboxylic acids is 1. The molecule has 0 spiro atoms. The predicted octanol–water partition coefficient (Wildman–Crippen LogP) is 4.24. The fourth-order valence-corrected chi connectivity index (χ4v) is 4.45. The summed E-state index contributed by atoms with van der Waals surface area (Å²) in [5.41, 5.74) is 0.651. The number of rotatable bonds is 8. The van der Waals surface area contributed by atoms with Crippen LogP contribution in [0, 0.1) is 11.8 Å². The minimum absolute atomic E-state index is 0.148. The van der Waals surface area contributed by atoms with Gasteiger partial charge >= 0.3 is 0 Å². The second kappa shape index (κ2) is 10.0. The van der Waals surface area contributed by atoms with Gasteiger partial charge in [-0.3, -0.25) is 9.63 Å². The lowest BCUT2D eigenvalue weighted by Crippen LogP contribution is -2.43. The van der Waals surface area contributed by atoms with E-state index in [0.717, 1.165) is 32.5 Å². The van der Waals surface area contributed by atoms with Gasteiger partial charge in [0.2, 0.25) is 5.91 Å². The van der Waals surface area contributed by atoms with E-state index in [9.17, 15) is 4.79 Å². The number of nitrogens with zero attached hydrogens (tertiary/aromatic N) is 2. The van der Waals surface area contributed by atoms with E-state index in [4.69, 9.17) is 9.57 Å². The van der Waals surface area contributed by atoms with Crippen LogP contribution in [0.2, 0.25) is 0 Å². The number of thiophene rings is 1. The number of hydroxylamine groups is 1. The number of ether oxygens (including phenoxy) is 1. The Morgan fingerprint density at radius 1 is 1.29 bits per heavy atom. The van der Waals surface area contributed by atoms with E-state index in [2.05, 4.69) is 29.3 Å². The van der Waals surface area contributed by atoms with Gasteiger partial charge in [-0.2, -0.15) is 5.06 Å². The summed E-state index contributed by atoms with van der Waals surface area (Å²) in [7, 11) is 1.60. The van der Waals surface area contributed by atoms with E-state index in [1.165, 1.54) is 16.9 Å². The summed E-state index contributed by atoms with van der Waals surface area (Å²) in [6, 6.07) is 11.8. The molecule has 3 rings (SSSR count). The number of hydrogen-bond acceptors (Lipinski definition) is 5. The maximum atomic E-state index is 12.2. The van der Waals surface area contributed by atoms with Gasteiger partial charge in [0.25, 0.3) is 0 Å². The van der Waals surface area contributed by atoms with Gasteiger partial charge in [-0.15, -0.1) is 11.3 Å². The van der Waals surface area contributed by atoms with Gasteiger partial charge in [0.05, 0.1) is 13.7 Å². The van der Waals surface area contributed by atoms with Crippen molar-refractivity contribution in [3.63, 3.8) is 0 Å². The number of anilines is 1. The van der Waals surface area contributed by atoms with Crippen LogP contribution in [0.15, 0.2) is 41.8 Å². The molecule has 1 aromatic carbocycles. The third kappa shape index (κ3) is 5.34. The van der Waals surface area contributed by atoms with Crippen molar-refractivity contribution in [2.75, 3.05) is 38.4 Å². The van der Waals surface area contributed by atoms with E-state index < -0.39 is 0 Å². The third-order valence-electron chi connectivity index (χ3n) is 5.43. The maximum absolute atomic E-state index is 12.2. The van der Waals surface area contributed by atoms with Crippen LogP contribution in [0.1, 0.15) is 25.1 Å². The van der Waals surface area contributed by atoms with Gasteiger partial charge < -0.3 is 9.64 Å². The Balaban J connectivity index is 1.52. The average molecular weight is 403 g/mol. The quantitative estimate of drug-likeness (QED) is 0.620. The third-order valence-corrected chi connectivity index (χ3v) is 6.37. The molecule has 2 heterocycles. The molecule has 0 saturated carbocycles. The fraction of sp³-hybridized carbons (Fsp3) is 0.500. The van der Waals surface area contributed by atoms with Crippen molar-refractivity contribution in [1.82, 2.24) is 4.90 Å². The second-order valence-electron chi connectivity index (χ2n) is 7.44. The molecule has 28 heavy (non-hydrogen) atoms. The summed E-state index contributed by atoms with van der Waals surface area (Å²) in [6.07, 6.45) is 2.21. The molecule has 0 bridgehead atoms. The van der Waals surface area contributed by atoms with E-state index in [1.54, 1.807) is 7.11 Å². The number of methoxy groups -OCH3 is 1. The van der Waals surface area contributed by atoms with Crippen LogP contribution in [0.4, 0.5) is 5.69 Å². The zero-order chi connectivity index (χ0) is 19.9. The van der Waals surface area contributed by atoms with Crippen LogP contribution >= 0.6 is 11.3 Å². The Morgan fingerprint density at radius 3 is 2.79 bits per heavy atom. The van der Waals surface area contributed by atoms with Gasteiger partial charge in [0.15, 0.2) is 0 Å². The highest BCUT2D eigenvalue weighted by Crippen LogP contribution is 2.30. The zero-order valence-corrected chi connectivity index (χ0v) is 17.8. The van der Waals surface area contributed by atoms with Crippen LogP contribution in [-0.4, -0.2) is 44.2 Å². The van der Waals surface area contributed by atoms with Crippen molar-refractivity contribution in [3.8, 4) is 5.75 Å². The Bertz CT molecular complexity index is 750. The number of carbonyl (C=O) groups is 1. The number of piperidine rings is 1. The lowest BCUT2D eigenvalue weighted by atomic mass is 9.87. The number of amides is 1. The summed E-state index contributed by atoms with van der Waals surface area (Å²) in [5.74, 6) is 1.46. The van der Waals surface area contributed by atoms with Gasteiger partial charge in [0, 0.05) is 24.9 Å². The maximum Gasteiger partial charge on any atom is 0.247 e. The standard InChI is InChI=1S/C22H30N2O3S/c1-17-15-23(13-11-20-7-6-14-28-20)12-10-19(17)16-27-24(18(2)25)21-8-4-5-9-22(21)26-3/h4-9,14,17,19H,10-13,15-16H2,1-3H3/t17-,19-/m0/s1. The van der Waals surface area contributed by atoms with Crippen molar-refractivity contribution < 1.29 is 14.4 Å². The Hall–Kier alpha value is -1.89. The second-order valence-corrected chi connectivity index (χ2v) is 8.47. The first-order valence-electron chi connectivity index (χ1n) is 9.90. The van der Waals surface area contributed by atoms with Crippen molar-refractivity contribution in [1.29, 1.82) is 0 Å². The van der Waals surface area contributed by atoms with E-state index >= 15 is 0 Å². The SMILES string of the molecule is COc1ccccc1N(OC[C@@H]1CCN(CCc2cccs2)C[C@@H]1C)C(C)=O. The highest BCUT2D eigenvalue weighted by Gasteiger charge is 2.28. The molecule has 0 N–H and O–H groups in total. The smallest absolute Gasteiger partial charge is 0.247 e. The Morgan fingerprint density at radius 2 is 2.11 bits per heavy atom. The molecule has 0 unspecified atom stereocenters. The molecule has 1 aliphatic heterocycles. The van der Waals surface area contributed by atoms with Gasteiger partial charge in [0.1, 0.15) is 11.4 Å². The predicted molar refractivity (Wildman–Crippen MR) is 114 cm³/mol. The molecule has 5 nitrogen and oxygen atoms in total. The van der Waals surface area contributed by atoms with E-state index in [-0.39, 0.29) is 5.91 Å². The van der Waals surface area contributed by atoms with Gasteiger partial charge in [-0.1, -0.05) is 25.1 Å². The van der Waals surface area contributed by atoms with Crippen molar-refractivity contribution in [2.24, 2.45) is 11.8 Å². The fourth-order valence-electron chi connectivity index (χ4n) is 3.75. The van der Waals surface area contributed by atoms with Crippen molar-refractivity contribution in [3.05, 3.63) is 46.7 Å². The first kappa shape index (κ1) is 20.8. The summed E-state index contributed by atoms with van der Waals surface area (Å²) < 4.78 is 5.38. The average Bonchev–Trinajstić information content (AvgIpc) is 3.21. The lowest BCUT2D eigenvalue weighted by Gasteiger charge is -2.37. The van der Waals surface area contributed by atoms with Gasteiger partial charge in [-0.05, 0) is 54.8 Å². The van der Waals surface area contributed by atoms with Crippen LogP contribution < -0.4 is 9.80 Å². The molecule has 1 fully saturated rings. The van der Waals surface area contributed by atoms with Crippen molar-refractivity contribution in [2.45, 2.75) is 26.7 Å². The number of likely N-dealkylation sites (tertiary alicyclic amines) is 1. The van der Waals surface area contributed by atoms with Gasteiger partial charge in [-0.25, -0.2) is 0 Å². The van der Waals surface area contributed by atoms with Crippen LogP contribution in [0.25, 0.3) is 0 Å². The van der Waals surface area contributed by atoms with E-state index in [0.29, 0.717) is 29.9 Å². The molecule has 152 valence electrons. The number of benzene rings is 1. The molecule has 1 aromatic heterocycles. The summed E-state index contributed by atoms with van der Waals surface area (Å²) in [5, 5.41) is 3.51. The minimum atomic E-state index is -0.148. The normalized spacial score (nSPS) is 20.1. The number of hydrogen-bond donors (Lipinski definition) is 0. The van der Waals surface area contributed by atoms with Crippen LogP contribution in [-0.2, 0) is 16.1 Å². The largest absolute Gasteiger partial charge is 0.494 e. The molecule has 6 heteroatoms. The molecule has 1 amide bonds. The zero-order valence-electron chi connectivity index (χ0n) is 17.0. The molecular formula is C22H30N2O3S. The monoisotopic (exact) mass is 402 g/mol. The van der Waals surface area contributed by atoms with Crippen LogP contribution in [0.3, 0.4) is 0 Å². The molecule has 2 aromatic rings. The molecule has 1 saturated heterocycles. The molecular weight excluding hydrogens is 372 g/mol. The minimum Gasteiger partial charge on any atom is -0.494 e. The molecule has 0 aliphatic carbocycles. The summed E-state index contributed by atoms with van der Waals surface area (Å²) in [6.45, 7) is 7.61. The summed E-state index contributed by atoms with van der Waals surface area (Å²) >= 11 is 1.83. The highest BCUT2D eigenvalue weighted by molar-refractivity contribution is 7.09. The molecule has 2 atom stereocenters. The topological polar surface area (TPSA) is 42.0 Å². The number of para-hydroxylation sites is 2. The van der Waals surface area contributed by atoms with Crippen LogP contribution in [0.5, 0.6) is 5.75 Å². The molecule has 1 aliphatic rings.